The number of carbonyl (C=O) groups excluding carboxylic acids is 1. The van der Waals surface area contributed by atoms with E-state index in [1.165, 1.54) is 19.3 Å². The van der Waals surface area contributed by atoms with Crippen LogP contribution in [-0.4, -0.2) is 17.5 Å². The van der Waals surface area contributed by atoms with E-state index in [0.29, 0.717) is 6.61 Å². The van der Waals surface area contributed by atoms with Gasteiger partial charge in [-0.2, -0.15) is 0 Å². The molecule has 1 aromatic heterocycles. The van der Waals surface area contributed by atoms with Crippen molar-refractivity contribution >= 4 is 22.5 Å². The standard InChI is InChI=1S/C24H30N2O2/c1-2-3-9-28-21-7-6-20(19-5-4-8-25-22(19)21)26-23(27)24-13-16-10-17(14-24)12-18(11-16)15-24/h4-8,16-18H,2-3,9-15H2,1H3,(H,26,27). The summed E-state index contributed by atoms with van der Waals surface area (Å²) in [7, 11) is 0. The number of hydrogen-bond donors (Lipinski definition) is 1. The van der Waals surface area contributed by atoms with Crippen LogP contribution in [0.1, 0.15) is 58.3 Å². The molecule has 0 saturated heterocycles. The average molecular weight is 379 g/mol. The molecule has 0 aliphatic heterocycles. The van der Waals surface area contributed by atoms with Crippen LogP contribution in [0.5, 0.6) is 5.75 Å². The van der Waals surface area contributed by atoms with E-state index >= 15 is 0 Å². The minimum absolute atomic E-state index is 0.139. The summed E-state index contributed by atoms with van der Waals surface area (Å²) < 4.78 is 5.94. The number of ether oxygens (including phenoxy) is 1. The highest BCUT2D eigenvalue weighted by molar-refractivity contribution is 6.04. The van der Waals surface area contributed by atoms with Crippen molar-refractivity contribution in [2.45, 2.75) is 58.3 Å². The zero-order chi connectivity index (χ0) is 19.1. The Hall–Kier alpha value is -2.10. The normalized spacial score (nSPS) is 30.5. The lowest BCUT2D eigenvalue weighted by Crippen LogP contribution is -2.51. The number of nitrogens with one attached hydrogen (secondary N) is 1. The van der Waals surface area contributed by atoms with Crippen LogP contribution < -0.4 is 10.1 Å². The number of unbranched alkanes of at least 4 members (excludes halogenated alkanes) is 1. The Kier molecular flexibility index (Phi) is 4.53. The van der Waals surface area contributed by atoms with E-state index in [1.807, 2.05) is 24.3 Å². The number of nitrogens with zero attached hydrogens (tertiary/aromatic N) is 1. The van der Waals surface area contributed by atoms with E-state index in [1.54, 1.807) is 6.20 Å². The van der Waals surface area contributed by atoms with Crippen molar-refractivity contribution in [2.75, 3.05) is 11.9 Å². The van der Waals surface area contributed by atoms with E-state index in [0.717, 1.165) is 72.2 Å². The number of amides is 1. The molecule has 0 radical (unpaired) electrons. The van der Waals surface area contributed by atoms with Gasteiger partial charge >= 0.3 is 0 Å². The Morgan fingerprint density at radius 1 is 1.14 bits per heavy atom. The van der Waals surface area contributed by atoms with Crippen LogP contribution in [0.15, 0.2) is 30.5 Å². The van der Waals surface area contributed by atoms with Crippen LogP contribution in [0.2, 0.25) is 0 Å². The first-order valence-electron chi connectivity index (χ1n) is 11.0. The Labute approximate surface area is 167 Å². The molecule has 0 unspecified atom stereocenters. The van der Waals surface area contributed by atoms with Crippen molar-refractivity contribution in [1.29, 1.82) is 0 Å². The molecule has 4 fully saturated rings. The maximum Gasteiger partial charge on any atom is 0.230 e. The van der Waals surface area contributed by atoms with Crippen LogP contribution in [0.4, 0.5) is 5.69 Å². The van der Waals surface area contributed by atoms with Crippen molar-refractivity contribution in [3.63, 3.8) is 0 Å². The summed E-state index contributed by atoms with van der Waals surface area (Å²) in [5.41, 5.74) is 1.56. The Bertz CT molecular complexity index is 856. The van der Waals surface area contributed by atoms with E-state index < -0.39 is 0 Å². The summed E-state index contributed by atoms with van der Waals surface area (Å²) in [5.74, 6) is 3.34. The fourth-order valence-corrected chi connectivity index (χ4v) is 6.34. The van der Waals surface area contributed by atoms with Crippen molar-refractivity contribution in [3.05, 3.63) is 30.5 Å². The molecule has 0 spiro atoms. The Balaban J connectivity index is 1.41. The van der Waals surface area contributed by atoms with Gasteiger partial charge in [-0.3, -0.25) is 9.78 Å². The largest absolute Gasteiger partial charge is 0.491 e. The highest BCUT2D eigenvalue weighted by Crippen LogP contribution is 2.60. The van der Waals surface area contributed by atoms with Gasteiger partial charge in [-0.1, -0.05) is 13.3 Å². The van der Waals surface area contributed by atoms with Gasteiger partial charge in [-0.05, 0) is 87.0 Å². The third kappa shape index (κ3) is 3.07. The molecule has 1 aromatic carbocycles. The van der Waals surface area contributed by atoms with Gasteiger partial charge in [0, 0.05) is 11.6 Å². The van der Waals surface area contributed by atoms with Gasteiger partial charge in [-0.25, -0.2) is 0 Å². The second-order valence-corrected chi connectivity index (χ2v) is 9.36. The Morgan fingerprint density at radius 3 is 2.54 bits per heavy atom. The number of fused-ring (bicyclic) bond motifs is 1. The molecule has 2 aromatic rings. The maximum absolute atomic E-state index is 13.4. The molecule has 0 atom stereocenters. The number of pyridine rings is 1. The van der Waals surface area contributed by atoms with E-state index in [9.17, 15) is 4.79 Å². The zero-order valence-corrected chi connectivity index (χ0v) is 16.7. The predicted octanol–water partition coefficient (Wildman–Crippen LogP) is 5.57. The summed E-state index contributed by atoms with van der Waals surface area (Å²) in [4.78, 5) is 18.0. The van der Waals surface area contributed by atoms with Gasteiger partial charge in [0.05, 0.1) is 17.7 Å². The molecule has 4 nitrogen and oxygen atoms in total. The molecule has 148 valence electrons. The van der Waals surface area contributed by atoms with Crippen molar-refractivity contribution < 1.29 is 9.53 Å². The van der Waals surface area contributed by atoms with Crippen molar-refractivity contribution in [3.8, 4) is 5.75 Å². The fraction of sp³-hybridized carbons (Fsp3) is 0.583. The summed E-state index contributed by atoms with van der Waals surface area (Å²) in [5, 5.41) is 4.27. The third-order valence-corrected chi connectivity index (χ3v) is 7.26. The first kappa shape index (κ1) is 18.0. The van der Waals surface area contributed by atoms with Gasteiger partial charge in [-0.15, -0.1) is 0 Å². The smallest absolute Gasteiger partial charge is 0.230 e. The molecule has 1 N–H and O–H groups in total. The minimum Gasteiger partial charge on any atom is -0.491 e. The fourth-order valence-electron chi connectivity index (χ4n) is 6.34. The highest BCUT2D eigenvalue weighted by atomic mass is 16.5. The quantitative estimate of drug-likeness (QED) is 0.669. The summed E-state index contributed by atoms with van der Waals surface area (Å²) in [6, 6.07) is 7.91. The SMILES string of the molecule is CCCCOc1ccc(NC(=O)C23CC4CC(CC(C4)C2)C3)c2cccnc12. The number of rotatable bonds is 6. The van der Waals surface area contributed by atoms with Crippen molar-refractivity contribution in [2.24, 2.45) is 23.2 Å². The maximum atomic E-state index is 13.4. The molecule has 4 aliphatic carbocycles. The molecular formula is C24H30N2O2. The Morgan fingerprint density at radius 2 is 1.86 bits per heavy atom. The number of hydrogen-bond acceptors (Lipinski definition) is 3. The minimum atomic E-state index is -0.139. The van der Waals surface area contributed by atoms with E-state index in [-0.39, 0.29) is 11.3 Å². The molecule has 6 rings (SSSR count). The van der Waals surface area contributed by atoms with E-state index in [4.69, 9.17) is 4.74 Å². The molecule has 4 aliphatic rings. The molecule has 1 amide bonds. The number of benzene rings is 1. The number of aromatic nitrogens is 1. The second kappa shape index (κ2) is 7.06. The molecule has 28 heavy (non-hydrogen) atoms. The summed E-state index contributed by atoms with van der Waals surface area (Å²) >= 11 is 0. The lowest BCUT2D eigenvalue weighted by Gasteiger charge is -2.55. The topological polar surface area (TPSA) is 51.2 Å². The lowest BCUT2D eigenvalue weighted by molar-refractivity contribution is -0.140. The first-order chi connectivity index (χ1) is 13.7. The van der Waals surface area contributed by atoms with Gasteiger partial charge in [0.15, 0.2) is 0 Å². The monoisotopic (exact) mass is 378 g/mol. The van der Waals surface area contributed by atoms with Gasteiger partial charge in [0.25, 0.3) is 0 Å². The number of anilines is 1. The zero-order valence-electron chi connectivity index (χ0n) is 16.7. The molecule has 4 bridgehead atoms. The van der Waals surface area contributed by atoms with Crippen LogP contribution in [-0.2, 0) is 4.79 Å². The van der Waals surface area contributed by atoms with Crippen molar-refractivity contribution in [1.82, 2.24) is 4.98 Å². The van der Waals surface area contributed by atoms with Crippen LogP contribution in [0, 0.1) is 23.2 Å². The lowest BCUT2D eigenvalue weighted by atomic mass is 9.49. The predicted molar refractivity (Wildman–Crippen MR) is 111 cm³/mol. The molecular weight excluding hydrogens is 348 g/mol. The van der Waals surface area contributed by atoms with Gasteiger partial charge in [0.2, 0.25) is 5.91 Å². The highest BCUT2D eigenvalue weighted by Gasteiger charge is 2.54. The van der Waals surface area contributed by atoms with Crippen LogP contribution >= 0.6 is 0 Å². The molecule has 4 saturated carbocycles. The van der Waals surface area contributed by atoms with Gasteiger partial charge in [0.1, 0.15) is 11.3 Å². The second-order valence-electron chi connectivity index (χ2n) is 9.36. The molecule has 4 heteroatoms. The molecule has 1 heterocycles. The third-order valence-electron chi connectivity index (χ3n) is 7.26. The summed E-state index contributed by atoms with van der Waals surface area (Å²) in [6.45, 7) is 2.85. The van der Waals surface area contributed by atoms with Crippen LogP contribution in [0.25, 0.3) is 10.9 Å². The van der Waals surface area contributed by atoms with E-state index in [2.05, 4.69) is 17.2 Å². The van der Waals surface area contributed by atoms with Gasteiger partial charge < -0.3 is 10.1 Å². The average Bonchev–Trinajstić information content (AvgIpc) is 2.68. The number of carbonyl (C=O) groups is 1. The summed E-state index contributed by atoms with van der Waals surface area (Å²) in [6.07, 6.45) is 11.2. The first-order valence-corrected chi connectivity index (χ1v) is 11.0. The van der Waals surface area contributed by atoms with Crippen LogP contribution in [0.3, 0.4) is 0 Å².